The van der Waals surface area contributed by atoms with Crippen LogP contribution in [0.15, 0.2) is 0 Å². The molecule has 0 aliphatic carbocycles. The zero-order chi connectivity index (χ0) is 11.5. The minimum absolute atomic E-state index is 0.0267. The standard InChI is InChI=1S/C11H20N2O3/c1-3-10-12-8(2)11(14)13(10)6-9-7-15-4-5-16-9/h8-10,12H,3-7H2,1-2H3. The van der Waals surface area contributed by atoms with Crippen molar-refractivity contribution >= 4 is 5.91 Å². The van der Waals surface area contributed by atoms with Crippen molar-refractivity contribution in [1.29, 1.82) is 0 Å². The fourth-order valence-corrected chi connectivity index (χ4v) is 2.27. The van der Waals surface area contributed by atoms with Crippen LogP contribution < -0.4 is 5.32 Å². The molecule has 2 fully saturated rings. The summed E-state index contributed by atoms with van der Waals surface area (Å²) in [5, 5.41) is 3.27. The lowest BCUT2D eigenvalue weighted by atomic mass is 10.2. The summed E-state index contributed by atoms with van der Waals surface area (Å²) in [4.78, 5) is 13.8. The Kier molecular flexibility index (Phi) is 3.78. The highest BCUT2D eigenvalue weighted by Crippen LogP contribution is 2.15. The zero-order valence-electron chi connectivity index (χ0n) is 9.94. The molecule has 0 radical (unpaired) electrons. The molecule has 1 N–H and O–H groups in total. The molecule has 5 nitrogen and oxygen atoms in total. The van der Waals surface area contributed by atoms with E-state index < -0.39 is 0 Å². The van der Waals surface area contributed by atoms with Crippen molar-refractivity contribution < 1.29 is 14.3 Å². The fraction of sp³-hybridized carbons (Fsp3) is 0.909. The minimum Gasteiger partial charge on any atom is -0.376 e. The largest absolute Gasteiger partial charge is 0.376 e. The number of hydrogen-bond acceptors (Lipinski definition) is 4. The van der Waals surface area contributed by atoms with E-state index in [9.17, 15) is 4.79 Å². The van der Waals surface area contributed by atoms with Crippen molar-refractivity contribution in [3.05, 3.63) is 0 Å². The van der Waals surface area contributed by atoms with Gasteiger partial charge in [0.15, 0.2) is 0 Å². The summed E-state index contributed by atoms with van der Waals surface area (Å²) in [5.41, 5.74) is 0. The summed E-state index contributed by atoms with van der Waals surface area (Å²) in [6, 6.07) is -0.0746. The Balaban J connectivity index is 1.93. The van der Waals surface area contributed by atoms with Crippen molar-refractivity contribution in [3.8, 4) is 0 Å². The molecule has 2 aliphatic heterocycles. The number of carbonyl (C=O) groups excluding carboxylic acids is 1. The van der Waals surface area contributed by atoms with Gasteiger partial charge in [-0.2, -0.15) is 0 Å². The number of amides is 1. The summed E-state index contributed by atoms with van der Waals surface area (Å²) < 4.78 is 10.9. The Morgan fingerprint density at radius 1 is 1.50 bits per heavy atom. The van der Waals surface area contributed by atoms with Gasteiger partial charge in [-0.25, -0.2) is 0 Å². The van der Waals surface area contributed by atoms with Crippen LogP contribution in [0, 0.1) is 0 Å². The summed E-state index contributed by atoms with van der Waals surface area (Å²) in [6.07, 6.45) is 1.09. The average molecular weight is 228 g/mol. The molecular formula is C11H20N2O3. The van der Waals surface area contributed by atoms with Crippen LogP contribution in [0.1, 0.15) is 20.3 Å². The van der Waals surface area contributed by atoms with Gasteiger partial charge in [-0.05, 0) is 13.3 Å². The Morgan fingerprint density at radius 2 is 2.31 bits per heavy atom. The van der Waals surface area contributed by atoms with Gasteiger partial charge in [-0.15, -0.1) is 0 Å². The minimum atomic E-state index is -0.0746. The van der Waals surface area contributed by atoms with E-state index in [0.717, 1.165) is 6.42 Å². The van der Waals surface area contributed by atoms with E-state index in [1.807, 2.05) is 11.8 Å². The van der Waals surface area contributed by atoms with Gasteiger partial charge in [-0.3, -0.25) is 10.1 Å². The van der Waals surface area contributed by atoms with Crippen LogP contribution in [0.25, 0.3) is 0 Å². The van der Waals surface area contributed by atoms with E-state index in [2.05, 4.69) is 12.2 Å². The third-order valence-electron chi connectivity index (χ3n) is 3.14. The topological polar surface area (TPSA) is 50.8 Å². The van der Waals surface area contributed by atoms with Gasteiger partial charge in [0.1, 0.15) is 0 Å². The van der Waals surface area contributed by atoms with Crippen LogP contribution in [0.5, 0.6) is 0 Å². The predicted octanol–water partition coefficient (Wildman–Crippen LogP) is -0.0418. The van der Waals surface area contributed by atoms with Crippen molar-refractivity contribution in [2.75, 3.05) is 26.4 Å². The van der Waals surface area contributed by atoms with Gasteiger partial charge < -0.3 is 14.4 Å². The van der Waals surface area contributed by atoms with E-state index in [1.54, 1.807) is 0 Å². The quantitative estimate of drug-likeness (QED) is 0.736. The van der Waals surface area contributed by atoms with Gasteiger partial charge in [0.25, 0.3) is 0 Å². The summed E-state index contributed by atoms with van der Waals surface area (Å²) in [5.74, 6) is 0.168. The molecule has 0 saturated carbocycles. The second-order valence-corrected chi connectivity index (χ2v) is 4.37. The highest BCUT2D eigenvalue weighted by Gasteiger charge is 2.36. The van der Waals surface area contributed by atoms with E-state index in [0.29, 0.717) is 26.4 Å². The van der Waals surface area contributed by atoms with Crippen LogP contribution in [-0.2, 0) is 14.3 Å². The molecule has 16 heavy (non-hydrogen) atoms. The highest BCUT2D eigenvalue weighted by atomic mass is 16.6. The van der Waals surface area contributed by atoms with Crippen molar-refractivity contribution in [2.45, 2.75) is 38.6 Å². The number of nitrogens with zero attached hydrogens (tertiary/aromatic N) is 1. The van der Waals surface area contributed by atoms with Gasteiger partial charge in [0, 0.05) is 0 Å². The van der Waals surface area contributed by atoms with Crippen LogP contribution in [0.4, 0.5) is 0 Å². The molecule has 0 aromatic rings. The SMILES string of the molecule is CCC1NC(C)C(=O)N1CC1COCCO1. The highest BCUT2D eigenvalue weighted by molar-refractivity contribution is 5.83. The van der Waals surface area contributed by atoms with Gasteiger partial charge >= 0.3 is 0 Å². The van der Waals surface area contributed by atoms with E-state index >= 15 is 0 Å². The van der Waals surface area contributed by atoms with Crippen LogP contribution in [-0.4, -0.2) is 55.5 Å². The third kappa shape index (κ3) is 2.36. The smallest absolute Gasteiger partial charge is 0.240 e. The van der Waals surface area contributed by atoms with Gasteiger partial charge in [0.05, 0.1) is 44.7 Å². The molecular weight excluding hydrogens is 208 g/mol. The second-order valence-electron chi connectivity index (χ2n) is 4.37. The zero-order valence-corrected chi connectivity index (χ0v) is 9.94. The normalized spacial score (nSPS) is 35.8. The molecule has 92 valence electrons. The molecule has 0 aromatic heterocycles. The van der Waals surface area contributed by atoms with E-state index in [1.165, 1.54) is 0 Å². The summed E-state index contributed by atoms with van der Waals surface area (Å²) >= 11 is 0. The maximum absolute atomic E-state index is 11.9. The summed E-state index contributed by atoms with van der Waals surface area (Å²) in [7, 11) is 0. The Bertz CT molecular complexity index is 254. The first kappa shape index (κ1) is 11.8. The lowest BCUT2D eigenvalue weighted by Crippen LogP contribution is -2.45. The Hall–Kier alpha value is -0.650. The lowest BCUT2D eigenvalue weighted by molar-refractivity contribution is -0.136. The Labute approximate surface area is 96.1 Å². The Morgan fingerprint density at radius 3 is 2.94 bits per heavy atom. The first-order valence-corrected chi connectivity index (χ1v) is 5.98. The second kappa shape index (κ2) is 5.12. The number of rotatable bonds is 3. The monoisotopic (exact) mass is 228 g/mol. The molecule has 0 aromatic carbocycles. The summed E-state index contributed by atoms with van der Waals surface area (Å²) in [6.45, 7) is 6.50. The average Bonchev–Trinajstić information content (AvgIpc) is 2.58. The fourth-order valence-electron chi connectivity index (χ4n) is 2.27. The molecule has 2 saturated heterocycles. The first-order valence-electron chi connectivity index (χ1n) is 5.98. The molecule has 0 spiro atoms. The molecule has 2 rings (SSSR count). The van der Waals surface area contributed by atoms with Crippen LogP contribution >= 0.6 is 0 Å². The molecule has 5 heteroatoms. The number of hydrogen-bond donors (Lipinski definition) is 1. The maximum atomic E-state index is 11.9. The van der Waals surface area contributed by atoms with Crippen molar-refractivity contribution in [3.63, 3.8) is 0 Å². The third-order valence-corrected chi connectivity index (χ3v) is 3.14. The predicted molar refractivity (Wildman–Crippen MR) is 58.9 cm³/mol. The van der Waals surface area contributed by atoms with E-state index in [4.69, 9.17) is 9.47 Å². The number of nitrogens with one attached hydrogen (secondary N) is 1. The van der Waals surface area contributed by atoms with Crippen LogP contribution in [0.2, 0.25) is 0 Å². The van der Waals surface area contributed by atoms with Crippen molar-refractivity contribution in [1.82, 2.24) is 10.2 Å². The number of ether oxygens (including phenoxy) is 2. The first-order chi connectivity index (χ1) is 7.72. The maximum Gasteiger partial charge on any atom is 0.240 e. The molecule has 1 amide bonds. The molecule has 2 heterocycles. The lowest BCUT2D eigenvalue weighted by Gasteiger charge is -2.30. The van der Waals surface area contributed by atoms with Gasteiger partial charge in [0.2, 0.25) is 5.91 Å². The van der Waals surface area contributed by atoms with Crippen LogP contribution in [0.3, 0.4) is 0 Å². The molecule has 3 atom stereocenters. The molecule has 2 aliphatic rings. The van der Waals surface area contributed by atoms with Crippen molar-refractivity contribution in [2.24, 2.45) is 0 Å². The van der Waals surface area contributed by atoms with E-state index in [-0.39, 0.29) is 24.2 Å². The molecule has 3 unspecified atom stereocenters. The number of carbonyl (C=O) groups is 1. The molecule has 0 bridgehead atoms. The van der Waals surface area contributed by atoms with Gasteiger partial charge in [-0.1, -0.05) is 6.92 Å².